The summed E-state index contributed by atoms with van der Waals surface area (Å²) in [6.07, 6.45) is 0. The molecule has 0 bridgehead atoms. The monoisotopic (exact) mass is 960 g/mol. The fraction of sp³-hybridized carbons (Fsp3) is 0. The van der Waals surface area contributed by atoms with Crippen molar-refractivity contribution in [1.82, 2.24) is 0 Å². The van der Waals surface area contributed by atoms with Crippen molar-refractivity contribution in [3.63, 3.8) is 0 Å². The van der Waals surface area contributed by atoms with Gasteiger partial charge in [0.1, 0.15) is 15.9 Å². The van der Waals surface area contributed by atoms with Gasteiger partial charge >= 0.3 is 11.9 Å². The van der Waals surface area contributed by atoms with Crippen molar-refractivity contribution < 1.29 is 32.0 Å². The van der Waals surface area contributed by atoms with Gasteiger partial charge < -0.3 is 14.0 Å². The minimum atomic E-state index is -4.71. The first kappa shape index (κ1) is 28.5. The molecule has 3 rings (SSSR count). The first-order chi connectivity index (χ1) is 15.8. The highest BCUT2D eigenvalue weighted by molar-refractivity contribution is 14.1. The summed E-state index contributed by atoms with van der Waals surface area (Å²) in [5.74, 6) is -1.47. The number of rotatable bonds is 5. The van der Waals surface area contributed by atoms with Crippen molar-refractivity contribution in [2.45, 2.75) is 4.90 Å². The van der Waals surface area contributed by atoms with Crippen molar-refractivity contribution in [2.24, 2.45) is 0 Å². The molecule has 0 radical (unpaired) electrons. The number of carbonyl (C=O) groups excluding carboxylic acids is 2. The number of ether oxygens (including phenoxy) is 2. The maximum Gasteiger partial charge on any atom is 0.344 e. The molecular weight excluding hydrogens is 958 g/mol. The van der Waals surface area contributed by atoms with Gasteiger partial charge in [-0.1, -0.05) is 31.9 Å². The van der Waals surface area contributed by atoms with Crippen LogP contribution in [0.1, 0.15) is 20.7 Å². The summed E-state index contributed by atoms with van der Waals surface area (Å²) in [7, 11) is -4.71. The number of hydrogen-bond acceptors (Lipinski definition) is 7. The van der Waals surface area contributed by atoms with Crippen molar-refractivity contribution in [1.29, 1.82) is 0 Å². The van der Waals surface area contributed by atoms with Gasteiger partial charge in [0.25, 0.3) is 0 Å². The lowest BCUT2D eigenvalue weighted by Gasteiger charge is -2.15. The van der Waals surface area contributed by atoms with E-state index in [2.05, 4.69) is 63.7 Å². The van der Waals surface area contributed by atoms with Crippen LogP contribution >= 0.6 is 109 Å². The summed E-state index contributed by atoms with van der Waals surface area (Å²) < 4.78 is 47.8. The van der Waals surface area contributed by atoms with E-state index in [1.165, 1.54) is 24.3 Å². The average Bonchev–Trinajstić information content (AvgIpc) is 2.68. The molecule has 0 spiro atoms. The molecule has 0 heterocycles. The summed E-state index contributed by atoms with van der Waals surface area (Å²) >= 11 is 16.6. The van der Waals surface area contributed by atoms with Crippen LogP contribution in [0.25, 0.3) is 0 Å². The van der Waals surface area contributed by atoms with E-state index in [0.29, 0.717) is 13.4 Å². The van der Waals surface area contributed by atoms with Gasteiger partial charge in [-0.05, 0) is 120 Å². The zero-order chi connectivity index (χ0) is 25.4. The molecule has 0 aliphatic heterocycles. The molecule has 14 heteroatoms. The zero-order valence-corrected chi connectivity index (χ0v) is 27.6. The summed E-state index contributed by atoms with van der Waals surface area (Å²) in [5, 5.41) is 0. The molecular formula is C20H7Br4I2O7S-. The Hall–Kier alpha value is -0.110. The molecule has 0 aliphatic rings. The first-order valence-corrected chi connectivity index (χ1v) is 15.3. The van der Waals surface area contributed by atoms with Gasteiger partial charge in [0.15, 0.2) is 5.75 Å². The van der Waals surface area contributed by atoms with E-state index in [0.717, 1.165) is 4.47 Å². The summed E-state index contributed by atoms with van der Waals surface area (Å²) in [5.41, 5.74) is -0.146. The molecule has 0 N–H and O–H groups in total. The lowest BCUT2D eigenvalue weighted by atomic mass is 10.1. The van der Waals surface area contributed by atoms with Crippen LogP contribution in [-0.2, 0) is 10.1 Å². The van der Waals surface area contributed by atoms with Gasteiger partial charge in [0.05, 0.1) is 25.0 Å². The van der Waals surface area contributed by atoms with Crippen LogP contribution in [-0.4, -0.2) is 24.9 Å². The lowest BCUT2D eigenvalue weighted by Crippen LogP contribution is -2.18. The molecule has 34 heavy (non-hydrogen) atoms. The highest BCUT2D eigenvalue weighted by Crippen LogP contribution is 2.37. The van der Waals surface area contributed by atoms with Gasteiger partial charge in [0.2, 0.25) is 0 Å². The summed E-state index contributed by atoms with van der Waals surface area (Å²) in [6, 6.07) is 10.3. The van der Waals surface area contributed by atoms with Crippen LogP contribution in [0.4, 0.5) is 0 Å². The van der Waals surface area contributed by atoms with E-state index in [1.54, 1.807) is 63.4 Å². The number of benzene rings is 3. The molecule has 178 valence electrons. The van der Waals surface area contributed by atoms with Crippen LogP contribution in [0.15, 0.2) is 65.3 Å². The second-order valence-electron chi connectivity index (χ2n) is 6.34. The van der Waals surface area contributed by atoms with Crippen LogP contribution in [0.5, 0.6) is 11.5 Å². The number of esters is 2. The standard InChI is InChI=1S/C20H8Br4I2O7S/c21-8-1-2-11(19(27)33-17-13(23)4-9(22)5-14(17)24)12(3-8)20(28)32-10-6-15(25)18(16(26)7-10)34(29,30)31/h1-7H,(H,29,30,31)/p-1. The molecule has 0 saturated carbocycles. The Kier molecular flexibility index (Phi) is 9.64. The second-order valence-corrected chi connectivity index (χ2v) is 13.5. The summed E-state index contributed by atoms with van der Waals surface area (Å²) in [4.78, 5) is 25.5. The Morgan fingerprint density at radius 2 is 1.29 bits per heavy atom. The minimum absolute atomic E-state index is 0.00360. The molecule has 0 atom stereocenters. The van der Waals surface area contributed by atoms with Crippen LogP contribution < -0.4 is 9.47 Å². The van der Waals surface area contributed by atoms with E-state index in [1.807, 2.05) is 0 Å². The van der Waals surface area contributed by atoms with E-state index in [9.17, 15) is 22.6 Å². The highest BCUT2D eigenvalue weighted by atomic mass is 127. The van der Waals surface area contributed by atoms with E-state index >= 15 is 0 Å². The first-order valence-electron chi connectivity index (χ1n) is 8.61. The van der Waals surface area contributed by atoms with Gasteiger partial charge in [-0.3, -0.25) is 0 Å². The molecule has 3 aromatic rings. The Bertz CT molecular complexity index is 1400. The predicted molar refractivity (Wildman–Crippen MR) is 153 cm³/mol. The number of carbonyl (C=O) groups is 2. The number of hydrogen-bond donors (Lipinski definition) is 0. The Morgan fingerprint density at radius 1 is 0.765 bits per heavy atom. The minimum Gasteiger partial charge on any atom is -0.744 e. The van der Waals surface area contributed by atoms with Crippen molar-refractivity contribution >= 4 is 131 Å². The van der Waals surface area contributed by atoms with Crippen LogP contribution in [0.3, 0.4) is 0 Å². The molecule has 0 aliphatic carbocycles. The highest BCUT2D eigenvalue weighted by Gasteiger charge is 2.24. The number of halogens is 6. The fourth-order valence-electron chi connectivity index (χ4n) is 2.63. The quantitative estimate of drug-likeness (QED) is 0.115. The van der Waals surface area contributed by atoms with E-state index in [4.69, 9.17) is 9.47 Å². The molecule has 0 saturated heterocycles. The van der Waals surface area contributed by atoms with Gasteiger partial charge in [-0.15, -0.1) is 0 Å². The van der Waals surface area contributed by atoms with Crippen LogP contribution in [0, 0.1) is 7.14 Å². The van der Waals surface area contributed by atoms with Gasteiger partial charge in [-0.25, -0.2) is 18.0 Å². The third-order valence-electron chi connectivity index (χ3n) is 4.01. The topological polar surface area (TPSA) is 110 Å². The Morgan fingerprint density at radius 3 is 1.82 bits per heavy atom. The predicted octanol–water partition coefficient (Wildman–Crippen LogP) is 7.29. The van der Waals surface area contributed by atoms with Crippen molar-refractivity contribution in [3.05, 3.63) is 78.6 Å². The average molecular weight is 965 g/mol. The zero-order valence-electron chi connectivity index (χ0n) is 16.1. The Labute approximate surface area is 254 Å². The Balaban J connectivity index is 1.95. The van der Waals surface area contributed by atoms with Gasteiger partial charge in [-0.2, -0.15) is 0 Å². The normalized spacial score (nSPS) is 11.3. The molecule has 7 nitrogen and oxygen atoms in total. The molecule has 0 amide bonds. The maximum absolute atomic E-state index is 13.0. The largest absolute Gasteiger partial charge is 0.744 e. The molecule has 3 aromatic carbocycles. The second kappa shape index (κ2) is 11.5. The third kappa shape index (κ3) is 6.80. The third-order valence-corrected chi connectivity index (χ3v) is 9.51. The lowest BCUT2D eigenvalue weighted by molar-refractivity contribution is 0.0690. The molecule has 0 aromatic heterocycles. The SMILES string of the molecule is O=C(Oc1cc(I)c(S(=O)(=O)[O-])c(I)c1)c1cc(Br)ccc1C(=O)Oc1c(Br)cc(Br)cc1Br. The van der Waals surface area contributed by atoms with Gasteiger partial charge in [0, 0.05) is 16.1 Å². The van der Waals surface area contributed by atoms with E-state index in [-0.39, 0.29) is 29.8 Å². The van der Waals surface area contributed by atoms with Crippen LogP contribution in [0.2, 0.25) is 0 Å². The molecule has 0 fully saturated rings. The van der Waals surface area contributed by atoms with Crippen molar-refractivity contribution in [2.75, 3.05) is 0 Å². The molecule has 0 unspecified atom stereocenters. The summed E-state index contributed by atoms with van der Waals surface area (Å²) in [6.45, 7) is 0. The fourth-order valence-corrected chi connectivity index (χ4v) is 9.34. The smallest absolute Gasteiger partial charge is 0.344 e. The van der Waals surface area contributed by atoms with E-state index < -0.39 is 27.0 Å². The van der Waals surface area contributed by atoms with Crippen molar-refractivity contribution in [3.8, 4) is 11.5 Å². The maximum atomic E-state index is 13.0.